The Balaban J connectivity index is 1.60. The molecule has 29 heavy (non-hydrogen) atoms. The molecule has 0 aromatic carbocycles. The molecule has 10 nitrogen and oxygen atoms in total. The Kier molecular flexibility index (Phi) is 8.56. The topological polar surface area (TPSA) is 125 Å². The van der Waals surface area contributed by atoms with Crippen molar-refractivity contribution in [2.45, 2.75) is 70.9 Å². The number of rotatable bonds is 10. The highest BCUT2D eigenvalue weighted by atomic mass is 16.7. The van der Waals surface area contributed by atoms with Gasteiger partial charge >= 0.3 is 5.97 Å². The monoisotopic (exact) mass is 410 g/mol. The Bertz CT molecular complexity index is 637. The van der Waals surface area contributed by atoms with E-state index >= 15 is 0 Å². The summed E-state index contributed by atoms with van der Waals surface area (Å²) in [5.74, 6) is -2.22. The van der Waals surface area contributed by atoms with Crippen LogP contribution >= 0.6 is 0 Å². The lowest BCUT2D eigenvalue weighted by Gasteiger charge is -2.29. The second-order valence-electron chi connectivity index (χ2n) is 7.34. The standard InChI is InChI=1S/C19H30N4O6/c1-3-13(2)22-12-4-5-14(22)19(28)21-10-8-15(24)20-11-9-18(27)29-23-16(25)6-7-17(23)26/h13-14H,3-12H2,1-2H3,(H,20,24)(H,21,28). The van der Waals surface area contributed by atoms with Crippen LogP contribution in [0.2, 0.25) is 0 Å². The molecular formula is C19H30N4O6. The maximum Gasteiger partial charge on any atom is 0.334 e. The minimum Gasteiger partial charge on any atom is -0.355 e. The van der Waals surface area contributed by atoms with Gasteiger partial charge in [0.2, 0.25) is 11.8 Å². The highest BCUT2D eigenvalue weighted by Crippen LogP contribution is 2.21. The minimum atomic E-state index is -0.770. The van der Waals surface area contributed by atoms with E-state index in [-0.39, 0.29) is 56.6 Å². The molecular weight excluding hydrogens is 380 g/mol. The van der Waals surface area contributed by atoms with Crippen molar-refractivity contribution in [3.63, 3.8) is 0 Å². The van der Waals surface area contributed by atoms with Crippen LogP contribution in [0.4, 0.5) is 0 Å². The van der Waals surface area contributed by atoms with Crippen molar-refractivity contribution in [3.05, 3.63) is 0 Å². The summed E-state index contributed by atoms with van der Waals surface area (Å²) in [6, 6.07) is 0.209. The number of hydroxylamine groups is 2. The second-order valence-corrected chi connectivity index (χ2v) is 7.34. The van der Waals surface area contributed by atoms with Crippen LogP contribution in [-0.4, -0.2) is 71.3 Å². The van der Waals surface area contributed by atoms with Crippen LogP contribution in [0.15, 0.2) is 0 Å². The first-order valence-corrected chi connectivity index (χ1v) is 10.2. The molecule has 0 bridgehead atoms. The maximum absolute atomic E-state index is 12.4. The average Bonchev–Trinajstić information content (AvgIpc) is 3.30. The molecule has 2 aliphatic rings. The van der Waals surface area contributed by atoms with Gasteiger partial charge in [0.1, 0.15) is 0 Å². The predicted molar refractivity (Wildman–Crippen MR) is 102 cm³/mol. The van der Waals surface area contributed by atoms with E-state index in [0.717, 1.165) is 25.8 Å². The quantitative estimate of drug-likeness (QED) is 0.481. The van der Waals surface area contributed by atoms with Gasteiger partial charge in [-0.1, -0.05) is 6.92 Å². The normalized spacial score (nSPS) is 20.6. The Morgan fingerprint density at radius 3 is 2.41 bits per heavy atom. The van der Waals surface area contributed by atoms with E-state index in [1.54, 1.807) is 0 Å². The van der Waals surface area contributed by atoms with Crippen molar-refractivity contribution in [1.82, 2.24) is 20.6 Å². The molecule has 0 aromatic rings. The van der Waals surface area contributed by atoms with Gasteiger partial charge in [-0.3, -0.25) is 24.1 Å². The number of carbonyl (C=O) groups excluding carboxylic acids is 5. The zero-order chi connectivity index (χ0) is 21.4. The van der Waals surface area contributed by atoms with Crippen molar-refractivity contribution >= 4 is 29.6 Å². The van der Waals surface area contributed by atoms with Gasteiger partial charge in [-0.05, 0) is 32.7 Å². The average molecular weight is 410 g/mol. The summed E-state index contributed by atoms with van der Waals surface area (Å²) in [7, 11) is 0. The lowest BCUT2D eigenvalue weighted by molar-refractivity contribution is -0.197. The molecule has 2 unspecified atom stereocenters. The zero-order valence-corrected chi connectivity index (χ0v) is 17.1. The lowest BCUT2D eigenvalue weighted by Crippen LogP contribution is -2.47. The summed E-state index contributed by atoms with van der Waals surface area (Å²) >= 11 is 0. The van der Waals surface area contributed by atoms with Gasteiger partial charge in [0, 0.05) is 38.4 Å². The van der Waals surface area contributed by atoms with Crippen LogP contribution in [-0.2, 0) is 28.8 Å². The summed E-state index contributed by atoms with van der Waals surface area (Å²) in [5.41, 5.74) is 0. The summed E-state index contributed by atoms with van der Waals surface area (Å²) < 4.78 is 0. The van der Waals surface area contributed by atoms with Crippen LogP contribution < -0.4 is 10.6 Å². The number of amides is 4. The largest absolute Gasteiger partial charge is 0.355 e. The van der Waals surface area contributed by atoms with Gasteiger partial charge in [-0.2, -0.15) is 0 Å². The molecule has 4 amide bonds. The van der Waals surface area contributed by atoms with Gasteiger partial charge < -0.3 is 15.5 Å². The summed E-state index contributed by atoms with van der Waals surface area (Å²) in [6.07, 6.45) is 2.80. The van der Waals surface area contributed by atoms with Gasteiger partial charge in [0.15, 0.2) is 0 Å². The first kappa shape index (κ1) is 22.8. The highest BCUT2D eigenvalue weighted by molar-refractivity contribution is 6.01. The maximum atomic E-state index is 12.4. The number of nitrogens with zero attached hydrogens (tertiary/aromatic N) is 2. The van der Waals surface area contributed by atoms with E-state index in [1.165, 1.54) is 0 Å². The summed E-state index contributed by atoms with van der Waals surface area (Å²) in [5, 5.41) is 5.83. The number of hydrogen-bond acceptors (Lipinski definition) is 7. The lowest BCUT2D eigenvalue weighted by atomic mass is 10.1. The van der Waals surface area contributed by atoms with Crippen molar-refractivity contribution < 1.29 is 28.8 Å². The Morgan fingerprint density at radius 1 is 1.10 bits per heavy atom. The van der Waals surface area contributed by atoms with Gasteiger partial charge in [-0.25, -0.2) is 4.79 Å². The molecule has 0 aliphatic carbocycles. The third-order valence-corrected chi connectivity index (χ3v) is 5.26. The number of imide groups is 1. The van der Waals surface area contributed by atoms with Crippen molar-refractivity contribution in [2.24, 2.45) is 0 Å². The molecule has 2 saturated heterocycles. The molecule has 2 rings (SSSR count). The molecule has 0 aromatic heterocycles. The number of hydrogen-bond donors (Lipinski definition) is 2. The van der Waals surface area contributed by atoms with Crippen LogP contribution in [0.1, 0.15) is 58.8 Å². The molecule has 2 aliphatic heterocycles. The van der Waals surface area contributed by atoms with Crippen LogP contribution in [0.25, 0.3) is 0 Å². The van der Waals surface area contributed by atoms with Crippen molar-refractivity contribution in [2.75, 3.05) is 19.6 Å². The first-order chi connectivity index (χ1) is 13.8. The Labute approximate surface area is 170 Å². The molecule has 0 saturated carbocycles. The van der Waals surface area contributed by atoms with Crippen LogP contribution in [0.5, 0.6) is 0 Å². The third kappa shape index (κ3) is 6.52. The smallest absolute Gasteiger partial charge is 0.334 e. The SMILES string of the molecule is CCC(C)N1CCCC1C(=O)NCCC(=O)NCCC(=O)ON1C(=O)CCC1=O. The van der Waals surface area contributed by atoms with Gasteiger partial charge in [0.25, 0.3) is 11.8 Å². The number of carbonyl (C=O) groups is 5. The van der Waals surface area contributed by atoms with E-state index in [0.29, 0.717) is 11.1 Å². The molecule has 2 N–H and O–H groups in total. The predicted octanol–water partition coefficient (Wildman–Crippen LogP) is -0.131. The Morgan fingerprint density at radius 2 is 1.76 bits per heavy atom. The van der Waals surface area contributed by atoms with E-state index in [2.05, 4.69) is 29.4 Å². The Hall–Kier alpha value is -2.49. The van der Waals surface area contributed by atoms with Gasteiger partial charge in [0.05, 0.1) is 12.5 Å². The van der Waals surface area contributed by atoms with E-state index in [1.807, 2.05) is 0 Å². The second kappa shape index (κ2) is 10.9. The van der Waals surface area contributed by atoms with E-state index in [4.69, 9.17) is 4.84 Å². The molecule has 2 fully saturated rings. The zero-order valence-electron chi connectivity index (χ0n) is 17.1. The molecule has 0 spiro atoms. The molecule has 2 heterocycles. The van der Waals surface area contributed by atoms with Crippen LogP contribution in [0.3, 0.4) is 0 Å². The minimum absolute atomic E-state index is 0.0201. The fourth-order valence-electron chi connectivity index (χ4n) is 3.45. The summed E-state index contributed by atoms with van der Waals surface area (Å²) in [6.45, 7) is 5.36. The highest BCUT2D eigenvalue weighted by Gasteiger charge is 2.33. The molecule has 0 radical (unpaired) electrons. The summed E-state index contributed by atoms with van der Waals surface area (Å²) in [4.78, 5) is 65.5. The van der Waals surface area contributed by atoms with E-state index in [9.17, 15) is 24.0 Å². The van der Waals surface area contributed by atoms with E-state index < -0.39 is 17.8 Å². The third-order valence-electron chi connectivity index (χ3n) is 5.26. The van der Waals surface area contributed by atoms with Crippen molar-refractivity contribution in [1.29, 1.82) is 0 Å². The molecule has 2 atom stereocenters. The number of likely N-dealkylation sites (tertiary alicyclic amines) is 1. The van der Waals surface area contributed by atoms with Gasteiger partial charge in [-0.15, -0.1) is 5.06 Å². The fourth-order valence-corrected chi connectivity index (χ4v) is 3.45. The van der Waals surface area contributed by atoms with Crippen LogP contribution in [0, 0.1) is 0 Å². The van der Waals surface area contributed by atoms with Crippen molar-refractivity contribution in [3.8, 4) is 0 Å². The molecule has 162 valence electrons. The molecule has 10 heteroatoms. The fraction of sp³-hybridized carbons (Fsp3) is 0.737. The number of nitrogens with one attached hydrogen (secondary N) is 2. The first-order valence-electron chi connectivity index (χ1n) is 10.2.